The first-order valence-electron chi connectivity index (χ1n) is 5.61. The van der Waals surface area contributed by atoms with Crippen molar-refractivity contribution in [3.63, 3.8) is 0 Å². The molecule has 0 atom stereocenters. The van der Waals surface area contributed by atoms with Gasteiger partial charge in [0, 0.05) is 19.3 Å². The maximum Gasteiger partial charge on any atom is 0.358 e. The van der Waals surface area contributed by atoms with E-state index < -0.39 is 0 Å². The van der Waals surface area contributed by atoms with Crippen LogP contribution in [0.25, 0.3) is 0 Å². The maximum atomic E-state index is 11.6. The number of ether oxygens (including phenoxy) is 1. The van der Waals surface area contributed by atoms with E-state index in [0.29, 0.717) is 5.69 Å². The van der Waals surface area contributed by atoms with E-state index in [1.165, 1.54) is 26.4 Å². The molecular formula is C12H16N2O2. The molecule has 1 aromatic rings. The van der Waals surface area contributed by atoms with Crippen LogP contribution < -0.4 is 4.90 Å². The maximum absolute atomic E-state index is 11.6. The molecule has 1 aliphatic heterocycles. The molecule has 0 radical (unpaired) electrons. The Balaban J connectivity index is 2.28. The molecule has 0 saturated carbocycles. The fourth-order valence-corrected chi connectivity index (χ4v) is 2.04. The van der Waals surface area contributed by atoms with Crippen molar-refractivity contribution >= 4 is 11.7 Å². The number of methoxy groups -OCH3 is 1. The van der Waals surface area contributed by atoms with E-state index in [0.717, 1.165) is 18.8 Å². The molecule has 0 amide bonds. The van der Waals surface area contributed by atoms with Crippen LogP contribution in [0.15, 0.2) is 18.3 Å². The lowest BCUT2D eigenvalue weighted by Crippen LogP contribution is -2.31. The molecule has 1 fully saturated rings. The molecule has 0 N–H and O–H groups in total. The zero-order valence-corrected chi connectivity index (χ0v) is 9.48. The van der Waals surface area contributed by atoms with Gasteiger partial charge in [0.1, 0.15) is 0 Å². The van der Waals surface area contributed by atoms with Gasteiger partial charge in [0.15, 0.2) is 5.69 Å². The molecule has 16 heavy (non-hydrogen) atoms. The van der Waals surface area contributed by atoms with Crippen molar-refractivity contribution in [1.82, 2.24) is 4.98 Å². The second kappa shape index (κ2) is 4.96. The van der Waals surface area contributed by atoms with Crippen LogP contribution in [0.1, 0.15) is 29.8 Å². The summed E-state index contributed by atoms with van der Waals surface area (Å²) >= 11 is 0. The molecule has 0 aliphatic carbocycles. The van der Waals surface area contributed by atoms with Crippen LogP contribution in [-0.4, -0.2) is 31.2 Å². The summed E-state index contributed by atoms with van der Waals surface area (Å²) in [7, 11) is 1.39. The first kappa shape index (κ1) is 10.9. The Kier molecular flexibility index (Phi) is 3.39. The topological polar surface area (TPSA) is 42.4 Å². The summed E-state index contributed by atoms with van der Waals surface area (Å²) in [6.45, 7) is 1.99. The number of hydrogen-bond acceptors (Lipinski definition) is 4. The fraction of sp³-hybridized carbons (Fsp3) is 0.500. The first-order chi connectivity index (χ1) is 7.83. The van der Waals surface area contributed by atoms with E-state index >= 15 is 0 Å². The lowest BCUT2D eigenvalue weighted by molar-refractivity contribution is 0.0594. The van der Waals surface area contributed by atoms with E-state index in [1.54, 1.807) is 6.20 Å². The van der Waals surface area contributed by atoms with Gasteiger partial charge in [-0.15, -0.1) is 0 Å². The molecule has 86 valence electrons. The number of aromatic nitrogens is 1. The van der Waals surface area contributed by atoms with Gasteiger partial charge in [-0.2, -0.15) is 0 Å². The predicted molar refractivity (Wildman–Crippen MR) is 61.6 cm³/mol. The molecule has 1 saturated heterocycles. The number of hydrogen-bond donors (Lipinski definition) is 0. The van der Waals surface area contributed by atoms with Gasteiger partial charge in [-0.25, -0.2) is 9.78 Å². The number of rotatable bonds is 2. The van der Waals surface area contributed by atoms with Gasteiger partial charge < -0.3 is 9.64 Å². The van der Waals surface area contributed by atoms with Crippen LogP contribution in [0.2, 0.25) is 0 Å². The zero-order chi connectivity index (χ0) is 11.4. The summed E-state index contributed by atoms with van der Waals surface area (Å²) in [5.41, 5.74) is 1.32. The van der Waals surface area contributed by atoms with Gasteiger partial charge >= 0.3 is 5.97 Å². The van der Waals surface area contributed by atoms with E-state index in [4.69, 9.17) is 4.74 Å². The second-order valence-electron chi connectivity index (χ2n) is 3.91. The third-order valence-electron chi connectivity index (χ3n) is 2.86. The largest absolute Gasteiger partial charge is 0.464 e. The predicted octanol–water partition coefficient (Wildman–Crippen LogP) is 1.86. The monoisotopic (exact) mass is 220 g/mol. The van der Waals surface area contributed by atoms with Gasteiger partial charge in [-0.3, -0.25) is 0 Å². The highest BCUT2D eigenvalue weighted by atomic mass is 16.5. The highest BCUT2D eigenvalue weighted by molar-refractivity contribution is 5.93. The quantitative estimate of drug-likeness (QED) is 0.713. The molecule has 1 aliphatic rings. The molecule has 1 aromatic heterocycles. The number of carbonyl (C=O) groups is 1. The molecule has 0 unspecified atom stereocenters. The van der Waals surface area contributed by atoms with Crippen molar-refractivity contribution in [3.8, 4) is 0 Å². The molecule has 0 spiro atoms. The van der Waals surface area contributed by atoms with Crippen LogP contribution >= 0.6 is 0 Å². The molecule has 2 rings (SSSR count). The lowest BCUT2D eigenvalue weighted by atomic mass is 10.1. The number of carbonyl (C=O) groups excluding carboxylic acids is 1. The Morgan fingerprint density at radius 3 is 2.81 bits per heavy atom. The standard InChI is InChI=1S/C12H16N2O2/c1-16-12(15)11-10(6-5-7-13-11)14-8-3-2-4-9-14/h5-7H,2-4,8-9H2,1H3. The summed E-state index contributed by atoms with van der Waals surface area (Å²) in [4.78, 5) is 17.9. The van der Waals surface area contributed by atoms with Crippen LogP contribution in [0.5, 0.6) is 0 Å². The Bertz CT molecular complexity index is 373. The molecule has 0 aromatic carbocycles. The number of esters is 1. The molecule has 4 heteroatoms. The van der Waals surface area contributed by atoms with Crippen molar-refractivity contribution < 1.29 is 9.53 Å². The SMILES string of the molecule is COC(=O)c1ncccc1N1CCCCC1. The lowest BCUT2D eigenvalue weighted by Gasteiger charge is -2.29. The van der Waals surface area contributed by atoms with Crippen LogP contribution in [0, 0.1) is 0 Å². The normalized spacial score (nSPS) is 15.9. The van der Waals surface area contributed by atoms with Gasteiger partial charge in [0.25, 0.3) is 0 Å². The third kappa shape index (κ3) is 2.15. The van der Waals surface area contributed by atoms with Crippen molar-refractivity contribution in [1.29, 1.82) is 0 Å². The number of nitrogens with zero attached hydrogens (tertiary/aromatic N) is 2. The number of piperidine rings is 1. The minimum atomic E-state index is -0.360. The van der Waals surface area contributed by atoms with E-state index in [-0.39, 0.29) is 5.97 Å². The number of pyridine rings is 1. The highest BCUT2D eigenvalue weighted by Crippen LogP contribution is 2.22. The van der Waals surface area contributed by atoms with Crippen molar-refractivity contribution in [2.75, 3.05) is 25.1 Å². The summed E-state index contributed by atoms with van der Waals surface area (Å²) in [5, 5.41) is 0. The Morgan fingerprint density at radius 2 is 2.12 bits per heavy atom. The zero-order valence-electron chi connectivity index (χ0n) is 9.48. The Hall–Kier alpha value is -1.58. The third-order valence-corrected chi connectivity index (χ3v) is 2.86. The van der Waals surface area contributed by atoms with Crippen LogP contribution in [0.4, 0.5) is 5.69 Å². The Morgan fingerprint density at radius 1 is 1.38 bits per heavy atom. The molecule has 4 nitrogen and oxygen atoms in total. The summed E-state index contributed by atoms with van der Waals surface area (Å²) in [6, 6.07) is 3.79. The van der Waals surface area contributed by atoms with Crippen molar-refractivity contribution in [2.24, 2.45) is 0 Å². The van der Waals surface area contributed by atoms with Gasteiger partial charge in [-0.1, -0.05) is 0 Å². The summed E-state index contributed by atoms with van der Waals surface area (Å²) in [6.07, 6.45) is 5.25. The van der Waals surface area contributed by atoms with Gasteiger partial charge in [0.2, 0.25) is 0 Å². The second-order valence-corrected chi connectivity index (χ2v) is 3.91. The molecule has 0 bridgehead atoms. The smallest absolute Gasteiger partial charge is 0.358 e. The van der Waals surface area contributed by atoms with E-state index in [9.17, 15) is 4.79 Å². The Labute approximate surface area is 95.2 Å². The molecule has 2 heterocycles. The van der Waals surface area contributed by atoms with Crippen LogP contribution in [0.3, 0.4) is 0 Å². The number of anilines is 1. The minimum absolute atomic E-state index is 0.360. The molecular weight excluding hydrogens is 204 g/mol. The van der Waals surface area contributed by atoms with Gasteiger partial charge in [-0.05, 0) is 31.4 Å². The van der Waals surface area contributed by atoms with Crippen molar-refractivity contribution in [3.05, 3.63) is 24.0 Å². The summed E-state index contributed by atoms with van der Waals surface area (Å²) < 4.78 is 4.74. The van der Waals surface area contributed by atoms with Crippen LogP contribution in [-0.2, 0) is 4.74 Å². The average molecular weight is 220 g/mol. The first-order valence-corrected chi connectivity index (χ1v) is 5.61. The average Bonchev–Trinajstić information content (AvgIpc) is 2.39. The fourth-order valence-electron chi connectivity index (χ4n) is 2.04. The van der Waals surface area contributed by atoms with Crippen molar-refractivity contribution in [2.45, 2.75) is 19.3 Å². The summed E-state index contributed by atoms with van der Waals surface area (Å²) in [5.74, 6) is -0.360. The minimum Gasteiger partial charge on any atom is -0.464 e. The van der Waals surface area contributed by atoms with Gasteiger partial charge in [0.05, 0.1) is 12.8 Å². The van der Waals surface area contributed by atoms with E-state index in [2.05, 4.69) is 9.88 Å². The van der Waals surface area contributed by atoms with E-state index in [1.807, 2.05) is 12.1 Å². The highest BCUT2D eigenvalue weighted by Gasteiger charge is 2.19.